The van der Waals surface area contributed by atoms with Crippen LogP contribution in [0, 0.1) is 0 Å². The van der Waals surface area contributed by atoms with Crippen LogP contribution in [0.3, 0.4) is 0 Å². The zero-order valence-corrected chi connectivity index (χ0v) is 15.6. The molecule has 0 saturated carbocycles. The Hall–Kier alpha value is -2.01. The fraction of sp³-hybridized carbons (Fsp3) is 0.389. The van der Waals surface area contributed by atoms with E-state index in [1.54, 1.807) is 7.11 Å². The van der Waals surface area contributed by atoms with Gasteiger partial charge in [-0.2, -0.15) is 0 Å². The lowest BCUT2D eigenvalue weighted by atomic mass is 10.2. The number of thiophene rings is 1. The van der Waals surface area contributed by atoms with Crippen LogP contribution in [0.2, 0.25) is 0 Å². The molecule has 0 amide bonds. The molecule has 0 fully saturated rings. The summed E-state index contributed by atoms with van der Waals surface area (Å²) in [5, 5.41) is 5.09. The van der Waals surface area contributed by atoms with Gasteiger partial charge in [0.25, 0.3) is 0 Å². The lowest BCUT2D eigenvalue weighted by Gasteiger charge is -2.07. The number of methoxy groups -OCH3 is 2. The second kappa shape index (κ2) is 12.5. The van der Waals surface area contributed by atoms with Crippen LogP contribution in [0.15, 0.2) is 35.7 Å². The Bertz CT molecular complexity index is 550. The summed E-state index contributed by atoms with van der Waals surface area (Å²) >= 11 is 1.37. The van der Waals surface area contributed by atoms with Crippen LogP contribution < -0.4 is 10.1 Å². The Morgan fingerprint density at radius 2 is 1.65 bits per heavy atom. The van der Waals surface area contributed by atoms with Crippen LogP contribution in [0.25, 0.3) is 0 Å². The summed E-state index contributed by atoms with van der Waals surface area (Å²) in [4.78, 5) is 12.1. The first kappa shape index (κ1) is 21.0. The van der Waals surface area contributed by atoms with Gasteiger partial charge in [0.1, 0.15) is 10.6 Å². The van der Waals surface area contributed by atoms with E-state index in [1.165, 1.54) is 18.4 Å². The Labute approximate surface area is 143 Å². The van der Waals surface area contributed by atoms with Crippen LogP contribution in [0.1, 0.15) is 42.9 Å². The van der Waals surface area contributed by atoms with Gasteiger partial charge < -0.3 is 14.8 Å². The summed E-state index contributed by atoms with van der Waals surface area (Å²) in [5.41, 5.74) is 1.91. The first-order valence-electron chi connectivity index (χ1n) is 7.77. The van der Waals surface area contributed by atoms with Gasteiger partial charge in [0, 0.05) is 6.54 Å². The number of carbonyl (C=O) groups excluding carboxylic acids is 1. The summed E-state index contributed by atoms with van der Waals surface area (Å²) in [6.07, 6.45) is 0. The van der Waals surface area contributed by atoms with E-state index in [0.717, 1.165) is 17.0 Å². The lowest BCUT2D eigenvalue weighted by Crippen LogP contribution is -2.05. The van der Waals surface area contributed by atoms with Gasteiger partial charge in [0.15, 0.2) is 0 Å². The Morgan fingerprint density at radius 3 is 2.17 bits per heavy atom. The van der Waals surface area contributed by atoms with E-state index in [4.69, 9.17) is 9.47 Å². The molecule has 0 saturated heterocycles. The molecule has 5 heteroatoms. The molecule has 128 valence electrons. The van der Waals surface area contributed by atoms with Crippen molar-refractivity contribution in [2.24, 2.45) is 0 Å². The molecule has 1 N–H and O–H groups in total. The zero-order valence-electron chi connectivity index (χ0n) is 14.8. The van der Waals surface area contributed by atoms with Crippen LogP contribution in [-0.2, 0) is 11.3 Å². The third-order valence-electron chi connectivity index (χ3n) is 2.68. The minimum Gasteiger partial charge on any atom is -0.497 e. The number of esters is 1. The minimum atomic E-state index is -0.313. The molecule has 2 aromatic rings. The van der Waals surface area contributed by atoms with Gasteiger partial charge in [-0.3, -0.25) is 0 Å². The van der Waals surface area contributed by atoms with Gasteiger partial charge in [0.05, 0.1) is 19.9 Å². The number of benzene rings is 1. The predicted molar refractivity (Wildman–Crippen MR) is 98.7 cm³/mol. The summed E-state index contributed by atoms with van der Waals surface area (Å²) in [7, 11) is 3.02. The van der Waals surface area contributed by atoms with Crippen molar-refractivity contribution in [1.82, 2.24) is 0 Å². The highest BCUT2D eigenvalue weighted by Gasteiger charge is 2.12. The van der Waals surface area contributed by atoms with E-state index in [2.05, 4.69) is 5.32 Å². The highest BCUT2D eigenvalue weighted by molar-refractivity contribution is 7.12. The van der Waals surface area contributed by atoms with E-state index < -0.39 is 0 Å². The Kier molecular flexibility index (Phi) is 11.4. The normalized spacial score (nSPS) is 8.78. The molecule has 2 rings (SSSR count). The number of ether oxygens (including phenoxy) is 2. The van der Waals surface area contributed by atoms with Crippen LogP contribution in [0.4, 0.5) is 5.69 Å². The molecule has 1 aromatic carbocycles. The van der Waals surface area contributed by atoms with Crippen LogP contribution in [-0.4, -0.2) is 20.2 Å². The third kappa shape index (κ3) is 6.74. The van der Waals surface area contributed by atoms with Crippen molar-refractivity contribution in [3.05, 3.63) is 46.2 Å². The quantitative estimate of drug-likeness (QED) is 0.761. The maximum Gasteiger partial charge on any atom is 0.350 e. The molecule has 0 radical (unpaired) electrons. The fourth-order valence-electron chi connectivity index (χ4n) is 1.64. The molecule has 23 heavy (non-hydrogen) atoms. The largest absolute Gasteiger partial charge is 0.497 e. The molecule has 1 heterocycles. The SMILES string of the molecule is CC.CC.COC(=O)c1sccc1NCc1ccc(OC)cc1. The molecule has 4 nitrogen and oxygen atoms in total. The number of hydrogen-bond acceptors (Lipinski definition) is 5. The number of anilines is 1. The molecule has 1 aromatic heterocycles. The average molecular weight is 337 g/mol. The molecular formula is C18H27NO3S. The monoisotopic (exact) mass is 337 g/mol. The van der Waals surface area contributed by atoms with Gasteiger partial charge in [-0.05, 0) is 29.1 Å². The average Bonchev–Trinajstić information content (AvgIpc) is 3.11. The maximum atomic E-state index is 11.5. The lowest BCUT2D eigenvalue weighted by molar-refractivity contribution is 0.0607. The predicted octanol–water partition coefficient (Wildman–Crippen LogP) is 5.21. The molecule has 0 aliphatic rings. The van der Waals surface area contributed by atoms with Crippen molar-refractivity contribution in [3.8, 4) is 5.75 Å². The number of rotatable bonds is 5. The van der Waals surface area contributed by atoms with Crippen molar-refractivity contribution in [2.75, 3.05) is 19.5 Å². The number of carbonyl (C=O) groups is 1. The van der Waals surface area contributed by atoms with Gasteiger partial charge in [-0.15, -0.1) is 11.3 Å². The van der Waals surface area contributed by atoms with Crippen LogP contribution in [0.5, 0.6) is 5.75 Å². The standard InChI is InChI=1S/C14H15NO3S.2C2H6/c1-17-11-5-3-10(4-6-11)9-15-12-7-8-19-13(12)14(16)18-2;2*1-2/h3-8,15H,9H2,1-2H3;2*1-2H3. The first-order chi connectivity index (χ1) is 11.2. The van der Waals surface area contributed by atoms with Gasteiger partial charge >= 0.3 is 5.97 Å². The molecule has 0 bridgehead atoms. The van der Waals surface area contributed by atoms with Crippen molar-refractivity contribution < 1.29 is 14.3 Å². The van der Waals surface area contributed by atoms with E-state index >= 15 is 0 Å². The third-order valence-corrected chi connectivity index (χ3v) is 3.57. The highest BCUT2D eigenvalue weighted by atomic mass is 32.1. The van der Waals surface area contributed by atoms with E-state index in [-0.39, 0.29) is 5.97 Å². The summed E-state index contributed by atoms with van der Waals surface area (Å²) in [6, 6.07) is 9.66. The van der Waals surface area contributed by atoms with Gasteiger partial charge in [-0.1, -0.05) is 39.8 Å². The first-order valence-corrected chi connectivity index (χ1v) is 8.65. The van der Waals surface area contributed by atoms with Crippen molar-refractivity contribution in [2.45, 2.75) is 34.2 Å². The topological polar surface area (TPSA) is 47.6 Å². The number of nitrogens with one attached hydrogen (secondary N) is 1. The van der Waals surface area contributed by atoms with Gasteiger partial charge in [-0.25, -0.2) is 4.79 Å². The maximum absolute atomic E-state index is 11.5. The summed E-state index contributed by atoms with van der Waals surface area (Å²) in [5.74, 6) is 0.516. The fourth-order valence-corrected chi connectivity index (χ4v) is 2.43. The van der Waals surface area contributed by atoms with E-state index in [1.807, 2.05) is 63.4 Å². The Morgan fingerprint density at radius 1 is 1.04 bits per heavy atom. The van der Waals surface area contributed by atoms with Crippen LogP contribution >= 0.6 is 11.3 Å². The summed E-state index contributed by atoms with van der Waals surface area (Å²) in [6.45, 7) is 8.64. The van der Waals surface area contributed by atoms with Crippen molar-refractivity contribution >= 4 is 23.0 Å². The highest BCUT2D eigenvalue weighted by Crippen LogP contribution is 2.24. The smallest absolute Gasteiger partial charge is 0.350 e. The van der Waals surface area contributed by atoms with Gasteiger partial charge in [0.2, 0.25) is 0 Å². The van der Waals surface area contributed by atoms with E-state index in [0.29, 0.717) is 11.4 Å². The molecule has 0 spiro atoms. The van der Waals surface area contributed by atoms with E-state index in [9.17, 15) is 4.79 Å². The molecular weight excluding hydrogens is 310 g/mol. The molecule has 0 unspecified atom stereocenters. The summed E-state index contributed by atoms with van der Waals surface area (Å²) < 4.78 is 9.84. The second-order valence-electron chi connectivity index (χ2n) is 3.86. The van der Waals surface area contributed by atoms with Crippen molar-refractivity contribution in [3.63, 3.8) is 0 Å². The second-order valence-corrected chi connectivity index (χ2v) is 4.77. The minimum absolute atomic E-state index is 0.313. The molecule has 0 aliphatic carbocycles. The molecule has 0 aliphatic heterocycles. The zero-order chi connectivity index (χ0) is 17.7. The number of hydrogen-bond donors (Lipinski definition) is 1. The molecule has 0 atom stereocenters. The Balaban J connectivity index is 0.00000112. The van der Waals surface area contributed by atoms with Crippen molar-refractivity contribution in [1.29, 1.82) is 0 Å².